The maximum Gasteiger partial charge on any atom is 0.0460 e. The van der Waals surface area contributed by atoms with Gasteiger partial charge in [-0.15, -0.1) is 0 Å². The molecule has 3 nitrogen and oxygen atoms in total. The van der Waals surface area contributed by atoms with Gasteiger partial charge in [0.25, 0.3) is 0 Å². The smallest absolute Gasteiger partial charge is 0.0460 e. The molecule has 1 aliphatic rings. The summed E-state index contributed by atoms with van der Waals surface area (Å²) in [6.07, 6.45) is 0. The first kappa shape index (κ1) is 14.8. The fraction of sp³-hybridized carbons (Fsp3) is 0.263. The summed E-state index contributed by atoms with van der Waals surface area (Å²) in [5.74, 6) is 0. The van der Waals surface area contributed by atoms with E-state index in [4.69, 9.17) is 0 Å². The number of nitrogens with zero attached hydrogens (tertiary/aromatic N) is 1. The summed E-state index contributed by atoms with van der Waals surface area (Å²) in [5, 5.41) is 1.40. The van der Waals surface area contributed by atoms with Crippen molar-refractivity contribution < 1.29 is 0 Å². The number of benzene rings is 2. The van der Waals surface area contributed by atoms with Crippen LogP contribution < -0.4 is 5.73 Å². The molecule has 0 saturated carbocycles. The lowest BCUT2D eigenvalue weighted by molar-refractivity contribution is 0.274. The van der Waals surface area contributed by atoms with Crippen molar-refractivity contribution in [1.82, 2.24) is 9.88 Å². The molecule has 3 aromatic rings. The normalized spacial score (nSPS) is 13.8. The fourth-order valence-corrected chi connectivity index (χ4v) is 3.19. The Morgan fingerprint density at radius 3 is 2.59 bits per heavy atom. The van der Waals surface area contributed by atoms with Gasteiger partial charge in [0.2, 0.25) is 0 Å². The molecule has 22 heavy (non-hydrogen) atoms. The Labute approximate surface area is 131 Å². The van der Waals surface area contributed by atoms with E-state index < -0.39 is 0 Å². The van der Waals surface area contributed by atoms with Gasteiger partial charge in [0.1, 0.15) is 0 Å². The Morgan fingerprint density at radius 1 is 1.05 bits per heavy atom. The van der Waals surface area contributed by atoms with Crippen LogP contribution in [0, 0.1) is 6.92 Å². The largest absolute Gasteiger partial charge is 0.357 e. The maximum absolute atomic E-state index is 4.50. The zero-order chi connectivity index (χ0) is 15.5. The third kappa shape index (κ3) is 2.78. The molecule has 3 heteroatoms. The van der Waals surface area contributed by atoms with Gasteiger partial charge in [0.15, 0.2) is 0 Å². The van der Waals surface area contributed by atoms with Crippen molar-refractivity contribution in [2.75, 3.05) is 7.05 Å². The van der Waals surface area contributed by atoms with Crippen molar-refractivity contribution in [3.63, 3.8) is 0 Å². The Morgan fingerprint density at radius 2 is 1.82 bits per heavy atom. The van der Waals surface area contributed by atoms with Crippen LogP contribution in [0.15, 0.2) is 48.5 Å². The molecule has 0 spiro atoms. The van der Waals surface area contributed by atoms with Crippen LogP contribution in [-0.2, 0) is 19.6 Å². The van der Waals surface area contributed by atoms with Crippen LogP contribution in [0.5, 0.6) is 0 Å². The molecule has 0 saturated heterocycles. The lowest BCUT2D eigenvalue weighted by Gasteiger charge is -2.15. The number of hydrogen-bond acceptors (Lipinski definition) is 2. The van der Waals surface area contributed by atoms with Crippen LogP contribution in [0.2, 0.25) is 0 Å². The van der Waals surface area contributed by atoms with Crippen LogP contribution in [0.3, 0.4) is 0 Å². The van der Waals surface area contributed by atoms with E-state index in [0.29, 0.717) is 0 Å². The standard InChI is InChI=1S/C18H18N2.CH5N/c1-13-7-8-17-15(9-13)16-11-20(12-18(16)19-17)10-14-5-3-2-4-6-14;1-2/h2-9,19H,10-12H2,1H3;2H2,1H3. The second-order valence-corrected chi connectivity index (χ2v) is 5.76. The molecular weight excluding hydrogens is 270 g/mol. The van der Waals surface area contributed by atoms with Gasteiger partial charge in [-0.1, -0.05) is 42.0 Å². The number of aryl methyl sites for hydroxylation is 1. The van der Waals surface area contributed by atoms with Crippen molar-refractivity contribution >= 4 is 10.9 Å². The summed E-state index contributed by atoms with van der Waals surface area (Å²) in [6, 6.07) is 17.4. The minimum atomic E-state index is 1.02. The van der Waals surface area contributed by atoms with E-state index in [0.717, 1.165) is 19.6 Å². The highest BCUT2D eigenvalue weighted by molar-refractivity contribution is 5.85. The predicted molar refractivity (Wildman–Crippen MR) is 92.5 cm³/mol. The zero-order valence-electron chi connectivity index (χ0n) is 13.3. The maximum atomic E-state index is 4.50. The minimum Gasteiger partial charge on any atom is -0.357 e. The summed E-state index contributed by atoms with van der Waals surface area (Å²) in [7, 11) is 1.50. The second-order valence-electron chi connectivity index (χ2n) is 5.76. The Bertz CT molecular complexity index is 759. The molecule has 3 N–H and O–H groups in total. The number of nitrogens with one attached hydrogen (secondary N) is 1. The zero-order valence-corrected chi connectivity index (χ0v) is 13.3. The molecule has 0 bridgehead atoms. The van der Waals surface area contributed by atoms with Crippen molar-refractivity contribution in [3.05, 3.63) is 70.9 Å². The Balaban J connectivity index is 0.000000693. The van der Waals surface area contributed by atoms with Gasteiger partial charge in [-0.3, -0.25) is 4.90 Å². The quantitative estimate of drug-likeness (QED) is 0.758. The molecule has 2 heterocycles. The van der Waals surface area contributed by atoms with Gasteiger partial charge >= 0.3 is 0 Å². The van der Waals surface area contributed by atoms with Crippen LogP contribution in [0.1, 0.15) is 22.4 Å². The lowest BCUT2D eigenvalue weighted by Crippen LogP contribution is -2.16. The van der Waals surface area contributed by atoms with Crippen molar-refractivity contribution in [2.45, 2.75) is 26.6 Å². The van der Waals surface area contributed by atoms with Crippen molar-refractivity contribution in [1.29, 1.82) is 0 Å². The topological polar surface area (TPSA) is 45.1 Å². The van der Waals surface area contributed by atoms with Gasteiger partial charge in [-0.05, 0) is 37.2 Å². The van der Waals surface area contributed by atoms with E-state index >= 15 is 0 Å². The van der Waals surface area contributed by atoms with E-state index in [2.05, 4.69) is 71.1 Å². The first-order chi connectivity index (χ1) is 10.8. The van der Waals surface area contributed by atoms with E-state index in [1.165, 1.54) is 40.3 Å². The molecule has 0 aliphatic carbocycles. The lowest BCUT2D eigenvalue weighted by atomic mass is 10.1. The molecule has 2 aromatic carbocycles. The number of aromatic amines is 1. The number of fused-ring (bicyclic) bond motifs is 3. The average molecular weight is 293 g/mol. The summed E-state index contributed by atoms with van der Waals surface area (Å²) >= 11 is 0. The van der Waals surface area contributed by atoms with Crippen LogP contribution in [-0.4, -0.2) is 16.9 Å². The van der Waals surface area contributed by atoms with Gasteiger partial charge in [-0.25, -0.2) is 0 Å². The molecule has 1 aromatic heterocycles. The molecule has 0 unspecified atom stereocenters. The molecule has 0 radical (unpaired) electrons. The number of hydrogen-bond donors (Lipinski definition) is 2. The van der Waals surface area contributed by atoms with E-state index in [1.54, 1.807) is 0 Å². The van der Waals surface area contributed by atoms with E-state index in [9.17, 15) is 0 Å². The first-order valence-corrected chi connectivity index (χ1v) is 7.74. The third-order valence-corrected chi connectivity index (χ3v) is 4.16. The average Bonchev–Trinajstić information content (AvgIpc) is 3.08. The Hall–Kier alpha value is -2.10. The summed E-state index contributed by atoms with van der Waals surface area (Å²) in [4.78, 5) is 6.08. The highest BCUT2D eigenvalue weighted by Gasteiger charge is 2.23. The van der Waals surface area contributed by atoms with Crippen molar-refractivity contribution in [3.8, 4) is 0 Å². The predicted octanol–water partition coefficient (Wildman–Crippen LogP) is 3.57. The molecule has 0 fully saturated rings. The fourth-order valence-electron chi connectivity index (χ4n) is 3.19. The van der Waals surface area contributed by atoms with E-state index in [1.807, 2.05) is 0 Å². The number of nitrogens with two attached hydrogens (primary N) is 1. The first-order valence-electron chi connectivity index (χ1n) is 7.74. The molecule has 0 amide bonds. The monoisotopic (exact) mass is 293 g/mol. The highest BCUT2D eigenvalue weighted by atomic mass is 15.2. The van der Waals surface area contributed by atoms with Gasteiger partial charge in [-0.2, -0.15) is 0 Å². The van der Waals surface area contributed by atoms with Crippen molar-refractivity contribution in [2.24, 2.45) is 5.73 Å². The van der Waals surface area contributed by atoms with Crippen LogP contribution >= 0.6 is 0 Å². The van der Waals surface area contributed by atoms with Gasteiger partial charge in [0.05, 0.1) is 0 Å². The van der Waals surface area contributed by atoms with Crippen LogP contribution in [0.4, 0.5) is 0 Å². The number of rotatable bonds is 2. The Kier molecular flexibility index (Phi) is 4.27. The minimum absolute atomic E-state index is 1.02. The SMILES string of the molecule is CN.Cc1ccc2[nH]c3c(c2c1)CN(Cc1ccccc1)C3. The molecule has 4 rings (SSSR count). The van der Waals surface area contributed by atoms with Gasteiger partial charge in [0, 0.05) is 36.2 Å². The summed E-state index contributed by atoms with van der Waals surface area (Å²) < 4.78 is 0. The summed E-state index contributed by atoms with van der Waals surface area (Å²) in [5.41, 5.74) is 11.4. The van der Waals surface area contributed by atoms with Crippen LogP contribution in [0.25, 0.3) is 10.9 Å². The summed E-state index contributed by atoms with van der Waals surface area (Å²) in [6.45, 7) is 5.26. The number of aromatic nitrogens is 1. The second kappa shape index (κ2) is 6.34. The number of H-pyrrole nitrogens is 1. The molecule has 0 atom stereocenters. The highest BCUT2D eigenvalue weighted by Crippen LogP contribution is 2.31. The molecular formula is C19H23N3. The third-order valence-electron chi connectivity index (χ3n) is 4.16. The molecule has 114 valence electrons. The van der Waals surface area contributed by atoms with Gasteiger partial charge < -0.3 is 10.7 Å². The van der Waals surface area contributed by atoms with E-state index in [-0.39, 0.29) is 0 Å². The molecule has 1 aliphatic heterocycles.